The summed E-state index contributed by atoms with van der Waals surface area (Å²) in [5.41, 5.74) is 5.69. The molecule has 140 valence electrons. The summed E-state index contributed by atoms with van der Waals surface area (Å²) in [7, 11) is 0. The summed E-state index contributed by atoms with van der Waals surface area (Å²) < 4.78 is 0. The van der Waals surface area contributed by atoms with E-state index in [1.165, 1.54) is 4.90 Å². The van der Waals surface area contributed by atoms with Crippen molar-refractivity contribution in [3.63, 3.8) is 0 Å². The van der Waals surface area contributed by atoms with Crippen molar-refractivity contribution in [2.45, 2.75) is 34.6 Å². The molecule has 0 atom stereocenters. The van der Waals surface area contributed by atoms with Gasteiger partial charge in [0.2, 0.25) is 0 Å². The fourth-order valence-electron chi connectivity index (χ4n) is 3.24. The lowest BCUT2D eigenvalue weighted by atomic mass is 9.99. The number of carbonyl (C=O) groups excluding carboxylic acids is 2. The van der Waals surface area contributed by atoms with Crippen LogP contribution in [0.4, 0.5) is 5.69 Å². The van der Waals surface area contributed by atoms with Crippen LogP contribution in [0.25, 0.3) is 5.57 Å². The number of hydrogen-bond acceptors (Lipinski definition) is 3. The van der Waals surface area contributed by atoms with Gasteiger partial charge in [0, 0.05) is 12.2 Å². The molecule has 0 bridgehead atoms. The Kier molecular flexibility index (Phi) is 5.17. The molecule has 0 aromatic heterocycles. The first-order valence-electron chi connectivity index (χ1n) is 9.30. The third-order valence-electron chi connectivity index (χ3n) is 4.92. The van der Waals surface area contributed by atoms with Crippen molar-refractivity contribution in [1.29, 1.82) is 0 Å². The van der Waals surface area contributed by atoms with Crippen LogP contribution in [0, 0.1) is 26.7 Å². The molecule has 2 aromatic rings. The van der Waals surface area contributed by atoms with Crippen LogP contribution >= 0.6 is 0 Å². The zero-order valence-electron chi connectivity index (χ0n) is 16.6. The quantitative estimate of drug-likeness (QED) is 0.799. The molecular weight excluding hydrogens is 336 g/mol. The topological polar surface area (TPSA) is 49.4 Å². The molecule has 2 amide bonds. The van der Waals surface area contributed by atoms with Gasteiger partial charge in [0.1, 0.15) is 5.70 Å². The Morgan fingerprint density at radius 3 is 2.22 bits per heavy atom. The Morgan fingerprint density at radius 1 is 0.889 bits per heavy atom. The maximum Gasteiger partial charge on any atom is 0.278 e. The predicted molar refractivity (Wildman–Crippen MR) is 109 cm³/mol. The van der Waals surface area contributed by atoms with Crippen LogP contribution in [0.2, 0.25) is 0 Å². The second-order valence-electron chi connectivity index (χ2n) is 7.60. The van der Waals surface area contributed by atoms with Crippen molar-refractivity contribution in [1.82, 2.24) is 4.90 Å². The number of hydrogen-bond donors (Lipinski definition) is 1. The van der Waals surface area contributed by atoms with Gasteiger partial charge in [-0.3, -0.25) is 14.5 Å². The minimum atomic E-state index is -0.259. The van der Waals surface area contributed by atoms with Crippen molar-refractivity contribution in [3.05, 3.63) is 70.4 Å². The molecule has 0 saturated heterocycles. The summed E-state index contributed by atoms with van der Waals surface area (Å²) >= 11 is 0. The van der Waals surface area contributed by atoms with Crippen LogP contribution in [0.15, 0.2) is 48.2 Å². The number of benzene rings is 2. The van der Waals surface area contributed by atoms with Crippen molar-refractivity contribution >= 4 is 23.1 Å². The SMILES string of the molecule is Cc1ccc(C2=C(Nc3ccccc3C)C(=O)N(CC(C)C)C2=O)cc1C. The maximum absolute atomic E-state index is 13.1. The Labute approximate surface area is 160 Å². The molecule has 3 rings (SSSR count). The Bertz CT molecular complexity index is 941. The molecule has 0 saturated carbocycles. The number of anilines is 1. The van der Waals surface area contributed by atoms with Crippen LogP contribution in [0.5, 0.6) is 0 Å². The number of para-hydroxylation sites is 1. The van der Waals surface area contributed by atoms with Gasteiger partial charge >= 0.3 is 0 Å². The average Bonchev–Trinajstić information content (AvgIpc) is 2.83. The standard InChI is InChI=1S/C23H26N2O2/c1-14(2)13-25-22(26)20(18-11-10-15(3)17(5)12-18)21(23(25)27)24-19-9-7-6-8-16(19)4/h6-12,14,24H,13H2,1-5H3. The van der Waals surface area contributed by atoms with Crippen molar-refractivity contribution < 1.29 is 9.59 Å². The van der Waals surface area contributed by atoms with E-state index in [2.05, 4.69) is 5.32 Å². The smallest absolute Gasteiger partial charge is 0.278 e. The van der Waals surface area contributed by atoms with E-state index in [1.54, 1.807) is 0 Å². The first-order chi connectivity index (χ1) is 12.8. The molecular formula is C23H26N2O2. The Hall–Kier alpha value is -2.88. The molecule has 4 heteroatoms. The Morgan fingerprint density at radius 2 is 1.59 bits per heavy atom. The molecule has 0 spiro atoms. The van der Waals surface area contributed by atoms with Gasteiger partial charge in [0.15, 0.2) is 0 Å². The fraction of sp³-hybridized carbons (Fsp3) is 0.304. The van der Waals surface area contributed by atoms with Gasteiger partial charge in [-0.2, -0.15) is 0 Å². The molecule has 1 N–H and O–H groups in total. The highest BCUT2D eigenvalue weighted by atomic mass is 16.2. The van der Waals surface area contributed by atoms with Crippen LogP contribution in [-0.4, -0.2) is 23.3 Å². The maximum atomic E-state index is 13.1. The number of imide groups is 1. The van der Waals surface area contributed by atoms with Crippen molar-refractivity contribution in [2.24, 2.45) is 5.92 Å². The third-order valence-corrected chi connectivity index (χ3v) is 4.92. The summed E-state index contributed by atoms with van der Waals surface area (Å²) in [4.78, 5) is 27.6. The van der Waals surface area contributed by atoms with Gasteiger partial charge < -0.3 is 5.32 Å². The van der Waals surface area contributed by atoms with Gasteiger partial charge in [0.05, 0.1) is 5.57 Å². The van der Waals surface area contributed by atoms with Crippen LogP contribution in [0.3, 0.4) is 0 Å². The highest BCUT2D eigenvalue weighted by molar-refractivity contribution is 6.36. The second kappa shape index (κ2) is 7.39. The van der Waals surface area contributed by atoms with E-state index in [-0.39, 0.29) is 17.7 Å². The molecule has 1 aliphatic heterocycles. The van der Waals surface area contributed by atoms with Crippen LogP contribution in [-0.2, 0) is 9.59 Å². The van der Waals surface area contributed by atoms with Gasteiger partial charge in [-0.1, -0.05) is 50.2 Å². The zero-order chi connectivity index (χ0) is 19.7. The summed E-state index contributed by atoms with van der Waals surface area (Å²) in [5, 5.41) is 3.24. The second-order valence-corrected chi connectivity index (χ2v) is 7.60. The summed E-state index contributed by atoms with van der Waals surface area (Å²) in [6.45, 7) is 10.4. The van der Waals surface area contributed by atoms with Crippen molar-refractivity contribution in [3.8, 4) is 0 Å². The lowest BCUT2D eigenvalue weighted by Crippen LogP contribution is -2.35. The number of aryl methyl sites for hydroxylation is 3. The van der Waals surface area contributed by atoms with Crippen LogP contribution in [0.1, 0.15) is 36.1 Å². The van der Waals surface area contributed by atoms with Gasteiger partial charge in [-0.05, 0) is 55.0 Å². The number of carbonyl (C=O) groups is 2. The first-order valence-corrected chi connectivity index (χ1v) is 9.30. The molecule has 2 aromatic carbocycles. The third kappa shape index (κ3) is 3.65. The van der Waals surface area contributed by atoms with E-state index in [4.69, 9.17) is 0 Å². The van der Waals surface area contributed by atoms with E-state index >= 15 is 0 Å². The van der Waals surface area contributed by atoms with Gasteiger partial charge in [0.25, 0.3) is 11.8 Å². The average molecular weight is 362 g/mol. The lowest BCUT2D eigenvalue weighted by molar-refractivity contribution is -0.137. The predicted octanol–water partition coefficient (Wildman–Crippen LogP) is 4.46. The first kappa shape index (κ1) is 18.9. The molecule has 0 fully saturated rings. The minimum Gasteiger partial charge on any atom is -0.350 e. The van der Waals surface area contributed by atoms with Gasteiger partial charge in [-0.15, -0.1) is 0 Å². The summed E-state index contributed by atoms with van der Waals surface area (Å²) in [5.74, 6) is -0.282. The minimum absolute atomic E-state index is 0.205. The van der Waals surface area contributed by atoms with Gasteiger partial charge in [-0.25, -0.2) is 0 Å². The van der Waals surface area contributed by atoms with E-state index in [9.17, 15) is 9.59 Å². The zero-order valence-corrected chi connectivity index (χ0v) is 16.6. The lowest BCUT2D eigenvalue weighted by Gasteiger charge is -2.17. The van der Waals surface area contributed by atoms with E-state index in [0.29, 0.717) is 17.8 Å². The number of nitrogens with one attached hydrogen (secondary N) is 1. The summed E-state index contributed by atoms with van der Waals surface area (Å²) in [6, 6.07) is 13.7. The van der Waals surface area contributed by atoms with E-state index < -0.39 is 0 Å². The largest absolute Gasteiger partial charge is 0.350 e. The van der Waals surface area contributed by atoms with Crippen LogP contribution < -0.4 is 5.32 Å². The highest BCUT2D eigenvalue weighted by Crippen LogP contribution is 2.32. The molecule has 0 unspecified atom stereocenters. The molecule has 0 aliphatic carbocycles. The molecule has 1 heterocycles. The monoisotopic (exact) mass is 362 g/mol. The normalized spacial score (nSPS) is 14.5. The number of rotatable bonds is 5. The highest BCUT2D eigenvalue weighted by Gasteiger charge is 2.39. The van der Waals surface area contributed by atoms with E-state index in [1.807, 2.05) is 77.1 Å². The number of nitrogens with zero attached hydrogens (tertiary/aromatic N) is 1. The fourth-order valence-corrected chi connectivity index (χ4v) is 3.24. The molecule has 1 aliphatic rings. The number of amides is 2. The Balaban J connectivity index is 2.12. The summed E-state index contributed by atoms with van der Waals surface area (Å²) in [6.07, 6.45) is 0. The van der Waals surface area contributed by atoms with E-state index in [0.717, 1.165) is 27.9 Å². The molecule has 4 nitrogen and oxygen atoms in total. The molecule has 0 radical (unpaired) electrons. The molecule has 27 heavy (non-hydrogen) atoms. The van der Waals surface area contributed by atoms with Crippen molar-refractivity contribution in [2.75, 3.05) is 11.9 Å².